The molecule has 0 saturated carbocycles. The summed E-state index contributed by atoms with van der Waals surface area (Å²) < 4.78 is 0. The van der Waals surface area contributed by atoms with Crippen molar-refractivity contribution in [3.8, 4) is 0 Å². The molecule has 0 radical (unpaired) electrons. The zero-order valence-electron chi connectivity index (χ0n) is 17.0. The lowest BCUT2D eigenvalue weighted by molar-refractivity contribution is 0.179. The molecule has 1 aromatic heterocycles. The van der Waals surface area contributed by atoms with E-state index in [1.54, 1.807) is 11.3 Å². The molecule has 26 heavy (non-hydrogen) atoms. The summed E-state index contributed by atoms with van der Waals surface area (Å²) in [6.07, 6.45) is 6.08. The van der Waals surface area contributed by atoms with Crippen LogP contribution in [-0.4, -0.2) is 41.5 Å². The van der Waals surface area contributed by atoms with Crippen LogP contribution in [-0.2, 0) is 6.54 Å². The van der Waals surface area contributed by atoms with E-state index >= 15 is 0 Å². The van der Waals surface area contributed by atoms with Gasteiger partial charge in [-0.3, -0.25) is 9.89 Å². The van der Waals surface area contributed by atoms with E-state index in [-0.39, 0.29) is 0 Å². The maximum Gasteiger partial charge on any atom is 0.188 e. The summed E-state index contributed by atoms with van der Waals surface area (Å²) in [5.74, 6) is 2.04. The maximum absolute atomic E-state index is 6.08. The number of nitrogens with zero attached hydrogens (tertiary/aromatic N) is 3. The Hall–Kier alpha value is -1.14. The van der Waals surface area contributed by atoms with E-state index in [0.717, 1.165) is 43.5 Å². The Morgan fingerprint density at radius 1 is 1.35 bits per heavy atom. The van der Waals surface area contributed by atoms with Crippen molar-refractivity contribution in [2.75, 3.05) is 19.6 Å². The van der Waals surface area contributed by atoms with Gasteiger partial charge in [-0.2, -0.15) is 0 Å². The van der Waals surface area contributed by atoms with Crippen LogP contribution in [0.15, 0.2) is 10.4 Å². The topological polar surface area (TPSA) is 66.5 Å². The first kappa shape index (κ1) is 21.2. The average molecular weight is 380 g/mol. The zero-order chi connectivity index (χ0) is 18.9. The number of hydrogen-bond donors (Lipinski definition) is 2. The van der Waals surface area contributed by atoms with Gasteiger partial charge in [-0.1, -0.05) is 26.7 Å². The van der Waals surface area contributed by atoms with E-state index in [1.807, 2.05) is 0 Å². The van der Waals surface area contributed by atoms with Gasteiger partial charge in [0.25, 0.3) is 0 Å². The highest BCUT2D eigenvalue weighted by molar-refractivity contribution is 7.09. The lowest BCUT2D eigenvalue weighted by Crippen LogP contribution is -2.39. The molecule has 1 unspecified atom stereocenters. The van der Waals surface area contributed by atoms with Gasteiger partial charge in [0.1, 0.15) is 0 Å². The minimum Gasteiger partial charge on any atom is -0.370 e. The van der Waals surface area contributed by atoms with E-state index in [0.29, 0.717) is 17.9 Å². The molecule has 1 saturated heterocycles. The lowest BCUT2D eigenvalue weighted by atomic mass is 9.97. The summed E-state index contributed by atoms with van der Waals surface area (Å²) in [6, 6.07) is 0.404. The molecule has 3 N–H and O–H groups in total. The van der Waals surface area contributed by atoms with E-state index in [4.69, 9.17) is 5.73 Å². The highest BCUT2D eigenvalue weighted by Crippen LogP contribution is 2.20. The quantitative estimate of drug-likeness (QED) is 0.506. The van der Waals surface area contributed by atoms with Crippen LogP contribution in [0, 0.1) is 18.8 Å². The highest BCUT2D eigenvalue weighted by atomic mass is 32.1. The largest absolute Gasteiger partial charge is 0.370 e. The molecule has 148 valence electrons. The van der Waals surface area contributed by atoms with Crippen molar-refractivity contribution in [2.24, 2.45) is 22.6 Å². The summed E-state index contributed by atoms with van der Waals surface area (Å²) >= 11 is 1.74. The third-order valence-electron chi connectivity index (χ3n) is 5.09. The summed E-state index contributed by atoms with van der Waals surface area (Å²) in [5, 5.41) is 6.69. The number of nitrogens with two attached hydrogens (primary N) is 1. The van der Waals surface area contributed by atoms with Crippen LogP contribution < -0.4 is 11.1 Å². The Morgan fingerprint density at radius 3 is 2.69 bits per heavy atom. The Bertz CT molecular complexity index is 546. The number of piperidine rings is 1. The third-order valence-corrected chi connectivity index (χ3v) is 5.91. The highest BCUT2D eigenvalue weighted by Gasteiger charge is 2.19. The molecule has 6 heteroatoms. The van der Waals surface area contributed by atoms with Crippen LogP contribution in [0.1, 0.15) is 63.6 Å². The fourth-order valence-electron chi connectivity index (χ4n) is 3.47. The van der Waals surface area contributed by atoms with Crippen LogP contribution in [0.5, 0.6) is 0 Å². The Labute approximate surface area is 163 Å². The normalized spacial score (nSPS) is 18.4. The second kappa shape index (κ2) is 10.9. The Kier molecular flexibility index (Phi) is 8.85. The van der Waals surface area contributed by atoms with Gasteiger partial charge in [0, 0.05) is 24.5 Å². The van der Waals surface area contributed by atoms with Crippen molar-refractivity contribution < 1.29 is 0 Å². The molecule has 0 aromatic carbocycles. The number of guanidine groups is 1. The number of rotatable bonds is 9. The van der Waals surface area contributed by atoms with Crippen molar-refractivity contribution in [3.63, 3.8) is 0 Å². The van der Waals surface area contributed by atoms with E-state index in [9.17, 15) is 0 Å². The number of aliphatic imine (C=N–C) groups is 1. The van der Waals surface area contributed by atoms with Gasteiger partial charge >= 0.3 is 0 Å². The Balaban J connectivity index is 1.62. The zero-order valence-corrected chi connectivity index (χ0v) is 17.8. The second-order valence-electron chi connectivity index (χ2n) is 8.17. The van der Waals surface area contributed by atoms with Crippen LogP contribution >= 0.6 is 11.3 Å². The smallest absolute Gasteiger partial charge is 0.188 e. The van der Waals surface area contributed by atoms with Gasteiger partial charge in [0.2, 0.25) is 0 Å². The summed E-state index contributed by atoms with van der Waals surface area (Å²) in [6.45, 7) is 12.9. The molecular weight excluding hydrogens is 342 g/mol. The summed E-state index contributed by atoms with van der Waals surface area (Å²) in [7, 11) is 0. The molecule has 1 aromatic rings. The number of thiazole rings is 1. The molecule has 1 aliphatic heterocycles. The van der Waals surface area contributed by atoms with Crippen LogP contribution in [0.3, 0.4) is 0 Å². The fourth-order valence-corrected chi connectivity index (χ4v) is 4.07. The van der Waals surface area contributed by atoms with Crippen LogP contribution in [0.2, 0.25) is 0 Å². The standard InChI is InChI=1S/C20H37N5S/c1-15(2)6-5-7-16(3)23-20(21)22-12-18-8-10-25(11-9-18)13-19-14-26-17(4)24-19/h14-16,18H,5-13H2,1-4H3,(H3,21,22,23). The van der Waals surface area contributed by atoms with Crippen molar-refractivity contribution in [1.29, 1.82) is 0 Å². The average Bonchev–Trinajstić information content (AvgIpc) is 2.99. The van der Waals surface area contributed by atoms with Crippen molar-refractivity contribution in [3.05, 3.63) is 16.1 Å². The van der Waals surface area contributed by atoms with E-state index in [2.05, 4.69) is 53.3 Å². The molecule has 0 spiro atoms. The van der Waals surface area contributed by atoms with E-state index in [1.165, 1.54) is 31.4 Å². The van der Waals surface area contributed by atoms with Gasteiger partial charge in [-0.15, -0.1) is 11.3 Å². The minimum atomic E-state index is 0.404. The first-order chi connectivity index (χ1) is 12.4. The lowest BCUT2D eigenvalue weighted by Gasteiger charge is -2.30. The molecule has 5 nitrogen and oxygen atoms in total. The number of aromatic nitrogens is 1. The second-order valence-corrected chi connectivity index (χ2v) is 9.24. The molecule has 0 bridgehead atoms. The van der Waals surface area contributed by atoms with Gasteiger partial charge in [-0.05, 0) is 58.0 Å². The molecular formula is C20H37N5S. The van der Waals surface area contributed by atoms with Gasteiger partial charge in [0.05, 0.1) is 10.7 Å². The van der Waals surface area contributed by atoms with Gasteiger partial charge < -0.3 is 11.1 Å². The number of aryl methyl sites for hydroxylation is 1. The number of nitrogens with one attached hydrogen (secondary N) is 1. The van der Waals surface area contributed by atoms with Gasteiger partial charge in [0.15, 0.2) is 5.96 Å². The third kappa shape index (κ3) is 8.04. The fraction of sp³-hybridized carbons (Fsp3) is 0.800. The first-order valence-electron chi connectivity index (χ1n) is 10.1. The maximum atomic E-state index is 6.08. The molecule has 0 amide bonds. The molecule has 1 atom stereocenters. The minimum absolute atomic E-state index is 0.404. The van der Waals surface area contributed by atoms with Crippen LogP contribution in [0.4, 0.5) is 0 Å². The molecule has 1 aliphatic rings. The number of likely N-dealkylation sites (tertiary alicyclic amines) is 1. The molecule has 2 heterocycles. The predicted octanol–water partition coefficient (Wildman–Crippen LogP) is 3.78. The van der Waals surface area contributed by atoms with Crippen molar-refractivity contribution in [1.82, 2.24) is 15.2 Å². The molecule has 2 rings (SSSR count). The molecule has 1 fully saturated rings. The van der Waals surface area contributed by atoms with Crippen molar-refractivity contribution in [2.45, 2.75) is 72.4 Å². The van der Waals surface area contributed by atoms with Gasteiger partial charge in [-0.25, -0.2) is 4.98 Å². The number of hydrogen-bond acceptors (Lipinski definition) is 4. The Morgan fingerprint density at radius 2 is 2.08 bits per heavy atom. The summed E-state index contributed by atoms with van der Waals surface area (Å²) in [4.78, 5) is 11.7. The van der Waals surface area contributed by atoms with Crippen LogP contribution in [0.25, 0.3) is 0 Å². The first-order valence-corrected chi connectivity index (χ1v) is 11.0. The summed E-state index contributed by atoms with van der Waals surface area (Å²) in [5.41, 5.74) is 7.29. The predicted molar refractivity (Wildman–Crippen MR) is 113 cm³/mol. The monoisotopic (exact) mass is 379 g/mol. The van der Waals surface area contributed by atoms with E-state index < -0.39 is 0 Å². The van der Waals surface area contributed by atoms with Crippen molar-refractivity contribution >= 4 is 17.3 Å². The SMILES string of the molecule is Cc1nc(CN2CCC(CN=C(N)NC(C)CCCC(C)C)CC2)cs1. The molecule has 0 aliphatic carbocycles.